The van der Waals surface area contributed by atoms with Crippen LogP contribution in [-0.2, 0) is 11.2 Å². The maximum absolute atomic E-state index is 12.0. The van der Waals surface area contributed by atoms with E-state index in [2.05, 4.69) is 15.9 Å². The van der Waals surface area contributed by atoms with Gasteiger partial charge in [0.25, 0.3) is 0 Å². The van der Waals surface area contributed by atoms with E-state index < -0.39 is 0 Å². The van der Waals surface area contributed by atoms with Crippen LogP contribution in [0.3, 0.4) is 0 Å². The Bertz CT molecular complexity index is 414. The van der Waals surface area contributed by atoms with Gasteiger partial charge in [-0.05, 0) is 30.9 Å². The lowest BCUT2D eigenvalue weighted by Crippen LogP contribution is -2.40. The monoisotopic (exact) mass is 311 g/mol. The minimum atomic E-state index is -0.225. The van der Waals surface area contributed by atoms with Crippen LogP contribution in [0.15, 0.2) is 28.7 Å². The molecule has 0 aliphatic carbocycles. The molecule has 1 aromatic rings. The lowest BCUT2D eigenvalue weighted by molar-refractivity contribution is -0.133. The number of rotatable bonds is 3. The van der Waals surface area contributed by atoms with E-state index in [0.717, 1.165) is 10.9 Å². The van der Waals surface area contributed by atoms with Crippen molar-refractivity contribution in [2.45, 2.75) is 31.8 Å². The zero-order valence-electron chi connectivity index (χ0n) is 10.3. The largest absolute Gasteiger partial charge is 0.393 e. The molecule has 98 valence electrons. The lowest BCUT2D eigenvalue weighted by Gasteiger charge is -2.29. The van der Waals surface area contributed by atoms with Crippen LogP contribution in [0, 0.1) is 0 Å². The van der Waals surface area contributed by atoms with Gasteiger partial charge in [0.1, 0.15) is 0 Å². The molecule has 1 aliphatic heterocycles. The summed E-state index contributed by atoms with van der Waals surface area (Å²) in [5.41, 5.74) is 1.17. The van der Waals surface area contributed by atoms with Crippen LogP contribution in [0.1, 0.15) is 24.8 Å². The van der Waals surface area contributed by atoms with E-state index in [1.165, 1.54) is 5.56 Å². The standard InChI is InChI=1S/C14H18BrNO2/c15-13-4-2-1-3-11(13)5-6-14(18)16-9-7-12(17)8-10-16/h1-4,12,17H,5-10H2. The van der Waals surface area contributed by atoms with Gasteiger partial charge in [-0.3, -0.25) is 4.79 Å². The average Bonchev–Trinajstić information content (AvgIpc) is 2.38. The first kappa shape index (κ1) is 13.6. The number of aryl methyl sites for hydroxylation is 1. The number of amides is 1. The van der Waals surface area contributed by atoms with Gasteiger partial charge in [-0.15, -0.1) is 0 Å². The number of hydrogen-bond acceptors (Lipinski definition) is 2. The minimum Gasteiger partial charge on any atom is -0.393 e. The zero-order valence-corrected chi connectivity index (χ0v) is 11.9. The molecule has 1 saturated heterocycles. The number of piperidine rings is 1. The molecule has 0 atom stereocenters. The first-order chi connectivity index (χ1) is 8.66. The predicted molar refractivity (Wildman–Crippen MR) is 74.3 cm³/mol. The number of hydrogen-bond donors (Lipinski definition) is 1. The molecule has 0 unspecified atom stereocenters. The molecular weight excluding hydrogens is 294 g/mol. The molecule has 3 nitrogen and oxygen atoms in total. The first-order valence-electron chi connectivity index (χ1n) is 6.36. The van der Waals surface area contributed by atoms with Gasteiger partial charge in [-0.25, -0.2) is 0 Å². The second-order valence-electron chi connectivity index (χ2n) is 4.70. The molecule has 2 rings (SSSR count). The number of carbonyl (C=O) groups excluding carboxylic acids is 1. The highest BCUT2D eigenvalue weighted by atomic mass is 79.9. The molecule has 4 heteroatoms. The van der Waals surface area contributed by atoms with E-state index in [0.29, 0.717) is 32.4 Å². The Morgan fingerprint density at radius 3 is 2.67 bits per heavy atom. The second kappa shape index (κ2) is 6.34. The van der Waals surface area contributed by atoms with Crippen molar-refractivity contribution in [1.82, 2.24) is 4.90 Å². The summed E-state index contributed by atoms with van der Waals surface area (Å²) in [5.74, 6) is 0.192. The van der Waals surface area contributed by atoms with Crippen LogP contribution in [-0.4, -0.2) is 35.1 Å². The fourth-order valence-electron chi connectivity index (χ4n) is 2.22. The van der Waals surface area contributed by atoms with E-state index >= 15 is 0 Å². The van der Waals surface area contributed by atoms with E-state index in [1.807, 2.05) is 29.2 Å². The van der Waals surface area contributed by atoms with Gasteiger partial charge in [0.15, 0.2) is 0 Å². The Hall–Kier alpha value is -0.870. The molecule has 1 amide bonds. The molecular formula is C14H18BrNO2. The maximum Gasteiger partial charge on any atom is 0.222 e. The van der Waals surface area contributed by atoms with Crippen LogP contribution >= 0.6 is 15.9 Å². The van der Waals surface area contributed by atoms with E-state index in [1.54, 1.807) is 0 Å². The van der Waals surface area contributed by atoms with Crippen LogP contribution < -0.4 is 0 Å². The second-order valence-corrected chi connectivity index (χ2v) is 5.56. The van der Waals surface area contributed by atoms with E-state index in [4.69, 9.17) is 0 Å². The summed E-state index contributed by atoms with van der Waals surface area (Å²) in [7, 11) is 0. The number of likely N-dealkylation sites (tertiary alicyclic amines) is 1. The van der Waals surface area contributed by atoms with Crippen molar-refractivity contribution in [1.29, 1.82) is 0 Å². The molecule has 0 saturated carbocycles. The van der Waals surface area contributed by atoms with Gasteiger partial charge in [0, 0.05) is 24.0 Å². The average molecular weight is 312 g/mol. The van der Waals surface area contributed by atoms with Crippen molar-refractivity contribution in [2.75, 3.05) is 13.1 Å². The zero-order chi connectivity index (χ0) is 13.0. The van der Waals surface area contributed by atoms with Gasteiger partial charge >= 0.3 is 0 Å². The van der Waals surface area contributed by atoms with Crippen molar-refractivity contribution in [3.63, 3.8) is 0 Å². The molecule has 1 aliphatic rings. The van der Waals surface area contributed by atoms with Crippen molar-refractivity contribution in [3.05, 3.63) is 34.3 Å². The topological polar surface area (TPSA) is 40.5 Å². The van der Waals surface area contributed by atoms with Crippen LogP contribution in [0.2, 0.25) is 0 Å². The van der Waals surface area contributed by atoms with Gasteiger partial charge < -0.3 is 10.0 Å². The third kappa shape index (κ3) is 3.56. The van der Waals surface area contributed by atoms with E-state index in [9.17, 15) is 9.90 Å². The summed E-state index contributed by atoms with van der Waals surface area (Å²) in [5, 5.41) is 9.41. The SMILES string of the molecule is O=C(CCc1ccccc1Br)N1CCC(O)CC1. The molecule has 18 heavy (non-hydrogen) atoms. The molecule has 0 aromatic heterocycles. The van der Waals surface area contributed by atoms with Crippen LogP contribution in [0.25, 0.3) is 0 Å². The third-order valence-corrected chi connectivity index (χ3v) is 4.16. The summed E-state index contributed by atoms with van der Waals surface area (Å²) in [6.45, 7) is 1.38. The number of benzene rings is 1. The summed E-state index contributed by atoms with van der Waals surface area (Å²) in [6.07, 6.45) is 2.50. The predicted octanol–water partition coefficient (Wildman–Crippen LogP) is 2.37. The summed E-state index contributed by atoms with van der Waals surface area (Å²) in [6, 6.07) is 8.00. The molecule has 0 spiro atoms. The van der Waals surface area contributed by atoms with Crippen molar-refractivity contribution >= 4 is 21.8 Å². The van der Waals surface area contributed by atoms with Crippen molar-refractivity contribution in [2.24, 2.45) is 0 Å². The maximum atomic E-state index is 12.0. The van der Waals surface area contributed by atoms with Crippen molar-refractivity contribution in [3.8, 4) is 0 Å². The molecule has 0 radical (unpaired) electrons. The van der Waals surface area contributed by atoms with Gasteiger partial charge in [-0.1, -0.05) is 34.1 Å². The number of carbonyl (C=O) groups is 1. The number of nitrogens with zero attached hydrogens (tertiary/aromatic N) is 1. The Morgan fingerprint density at radius 1 is 1.33 bits per heavy atom. The van der Waals surface area contributed by atoms with Crippen molar-refractivity contribution < 1.29 is 9.90 Å². The Kier molecular flexibility index (Phi) is 4.78. The molecule has 0 bridgehead atoms. The number of halogens is 1. The van der Waals surface area contributed by atoms with Gasteiger partial charge in [-0.2, -0.15) is 0 Å². The third-order valence-electron chi connectivity index (χ3n) is 3.38. The number of aliphatic hydroxyl groups excluding tert-OH is 1. The van der Waals surface area contributed by atoms with Gasteiger partial charge in [0.05, 0.1) is 6.10 Å². The summed E-state index contributed by atoms with van der Waals surface area (Å²) >= 11 is 3.49. The Balaban J connectivity index is 1.83. The highest BCUT2D eigenvalue weighted by molar-refractivity contribution is 9.10. The van der Waals surface area contributed by atoms with Gasteiger partial charge in [0.2, 0.25) is 5.91 Å². The Labute approximate surface area is 116 Å². The normalized spacial score (nSPS) is 16.9. The quantitative estimate of drug-likeness (QED) is 0.931. The van der Waals surface area contributed by atoms with Crippen LogP contribution in [0.5, 0.6) is 0 Å². The Morgan fingerprint density at radius 2 is 2.00 bits per heavy atom. The fourth-order valence-corrected chi connectivity index (χ4v) is 2.70. The van der Waals surface area contributed by atoms with Crippen LogP contribution in [0.4, 0.5) is 0 Å². The highest BCUT2D eigenvalue weighted by Gasteiger charge is 2.20. The molecule has 1 heterocycles. The highest BCUT2D eigenvalue weighted by Crippen LogP contribution is 2.18. The summed E-state index contributed by atoms with van der Waals surface area (Å²) in [4.78, 5) is 13.9. The van der Waals surface area contributed by atoms with E-state index in [-0.39, 0.29) is 12.0 Å². The lowest BCUT2D eigenvalue weighted by atomic mass is 10.1. The number of aliphatic hydroxyl groups is 1. The first-order valence-corrected chi connectivity index (χ1v) is 7.15. The smallest absolute Gasteiger partial charge is 0.222 e. The molecule has 1 aromatic carbocycles. The summed E-state index contributed by atoms with van der Waals surface area (Å²) < 4.78 is 1.06. The fraction of sp³-hybridized carbons (Fsp3) is 0.500. The minimum absolute atomic E-state index is 0.192. The molecule has 1 N–H and O–H groups in total. The molecule has 1 fully saturated rings.